The van der Waals surface area contributed by atoms with Crippen LogP contribution in [-0.2, 0) is 22.6 Å². The first-order valence-electron chi connectivity index (χ1n) is 11.3. The van der Waals surface area contributed by atoms with Gasteiger partial charge in [-0.15, -0.1) is 0 Å². The molecule has 0 radical (unpaired) electrons. The molecule has 34 heavy (non-hydrogen) atoms. The molecule has 0 amide bonds. The van der Waals surface area contributed by atoms with Crippen LogP contribution in [-0.4, -0.2) is 34.7 Å². The molecule has 1 aliphatic carbocycles. The number of carboxylic acids is 2. The molecule has 0 unspecified atom stereocenters. The van der Waals surface area contributed by atoms with E-state index in [4.69, 9.17) is 27.9 Å². The van der Waals surface area contributed by atoms with E-state index >= 15 is 0 Å². The molecule has 1 fully saturated rings. The number of carbonyl (C=O) groups is 2. The van der Waals surface area contributed by atoms with Gasteiger partial charge in [-0.05, 0) is 73.9 Å². The Balaban J connectivity index is 1.59. The minimum Gasteiger partial charge on any atom is -0.489 e. The molecule has 3 N–H and O–H groups in total. The minimum atomic E-state index is -0.939. The zero-order chi connectivity index (χ0) is 25.1. The van der Waals surface area contributed by atoms with Crippen molar-refractivity contribution in [2.24, 2.45) is 16.7 Å². The first-order chi connectivity index (χ1) is 16.0. The Kier molecular flexibility index (Phi) is 8.17. The zero-order valence-corrected chi connectivity index (χ0v) is 21.1. The van der Waals surface area contributed by atoms with Crippen LogP contribution in [0.5, 0.6) is 5.75 Å². The average Bonchev–Trinajstić information content (AvgIpc) is 3.01. The van der Waals surface area contributed by atoms with E-state index in [1.807, 2.05) is 26.0 Å². The summed E-state index contributed by atoms with van der Waals surface area (Å²) in [6.07, 6.45) is 1.63. The lowest BCUT2D eigenvalue weighted by Gasteiger charge is -2.39. The van der Waals surface area contributed by atoms with Crippen LogP contribution in [0.4, 0.5) is 0 Å². The van der Waals surface area contributed by atoms with Gasteiger partial charge in [0.15, 0.2) is 0 Å². The van der Waals surface area contributed by atoms with E-state index in [1.54, 1.807) is 37.3 Å². The first kappa shape index (κ1) is 26.3. The molecule has 0 heterocycles. The Morgan fingerprint density at radius 1 is 1.09 bits per heavy atom. The zero-order valence-electron chi connectivity index (χ0n) is 19.6. The molecule has 0 aromatic heterocycles. The van der Waals surface area contributed by atoms with Crippen LogP contribution in [0.25, 0.3) is 0 Å². The third kappa shape index (κ3) is 5.51. The first-order valence-corrected chi connectivity index (χ1v) is 12.1. The Hall–Kier alpha value is -2.28. The standard InChI is InChI=1S/C26H31Cl2NO5/c1-25(2)17(11-12-26(25,3)24(32)33)14-29-22(23(30)31)13-16-7-9-18(10-8-16)34-15-19-20(27)5-4-6-21(19)28/h4-10,17,22,29H,11-15H2,1-3H3,(H,30,31)(H,32,33)/t17-,22+,26+/m1/s1. The molecule has 3 rings (SSSR count). The van der Waals surface area contributed by atoms with Crippen molar-refractivity contribution < 1.29 is 24.5 Å². The summed E-state index contributed by atoms with van der Waals surface area (Å²) in [4.78, 5) is 23.7. The molecule has 3 atom stereocenters. The summed E-state index contributed by atoms with van der Waals surface area (Å²) in [6.45, 7) is 6.39. The van der Waals surface area contributed by atoms with Gasteiger partial charge >= 0.3 is 11.9 Å². The van der Waals surface area contributed by atoms with E-state index in [-0.39, 0.29) is 12.5 Å². The quantitative estimate of drug-likeness (QED) is 0.382. The van der Waals surface area contributed by atoms with Gasteiger partial charge in [-0.25, -0.2) is 0 Å². The summed E-state index contributed by atoms with van der Waals surface area (Å²) >= 11 is 12.4. The van der Waals surface area contributed by atoms with E-state index in [0.717, 1.165) is 12.0 Å². The molecule has 1 saturated carbocycles. The molecular formula is C26H31Cl2NO5. The van der Waals surface area contributed by atoms with Crippen molar-refractivity contribution in [2.75, 3.05) is 6.54 Å². The van der Waals surface area contributed by atoms with Crippen LogP contribution in [0, 0.1) is 16.7 Å². The molecule has 0 saturated heterocycles. The Morgan fingerprint density at radius 3 is 2.24 bits per heavy atom. The van der Waals surface area contributed by atoms with Gasteiger partial charge in [0.2, 0.25) is 0 Å². The van der Waals surface area contributed by atoms with E-state index in [9.17, 15) is 19.8 Å². The summed E-state index contributed by atoms with van der Waals surface area (Å²) in [5.41, 5.74) is 0.295. The molecule has 6 nitrogen and oxygen atoms in total. The second-order valence-electron chi connectivity index (χ2n) is 9.73. The fourth-order valence-electron chi connectivity index (χ4n) is 4.65. The van der Waals surface area contributed by atoms with Crippen molar-refractivity contribution >= 4 is 35.1 Å². The monoisotopic (exact) mass is 507 g/mol. The smallest absolute Gasteiger partial charge is 0.321 e. The Labute approximate surface area is 210 Å². The molecule has 2 aromatic rings. The predicted octanol–water partition coefficient (Wildman–Crippen LogP) is 5.68. The maximum atomic E-state index is 11.9. The van der Waals surface area contributed by atoms with Crippen molar-refractivity contribution in [3.05, 3.63) is 63.6 Å². The van der Waals surface area contributed by atoms with E-state index < -0.39 is 28.8 Å². The van der Waals surface area contributed by atoms with Gasteiger partial charge in [-0.3, -0.25) is 9.59 Å². The summed E-state index contributed by atoms with van der Waals surface area (Å²) in [5.74, 6) is -1.04. The van der Waals surface area contributed by atoms with Crippen molar-refractivity contribution in [3.63, 3.8) is 0 Å². The van der Waals surface area contributed by atoms with Gasteiger partial charge < -0.3 is 20.3 Å². The Bertz CT molecular complexity index is 1020. The van der Waals surface area contributed by atoms with Crippen LogP contribution in [0.3, 0.4) is 0 Å². The van der Waals surface area contributed by atoms with Gasteiger partial charge in [-0.1, -0.05) is 55.2 Å². The second kappa shape index (κ2) is 10.5. The van der Waals surface area contributed by atoms with Crippen molar-refractivity contribution in [1.82, 2.24) is 5.32 Å². The molecule has 0 spiro atoms. The molecule has 0 aliphatic heterocycles. The van der Waals surface area contributed by atoms with Gasteiger partial charge in [0.25, 0.3) is 0 Å². The summed E-state index contributed by atoms with van der Waals surface area (Å²) in [6, 6.07) is 11.8. The second-order valence-corrected chi connectivity index (χ2v) is 10.5. The lowest BCUT2D eigenvalue weighted by Crippen LogP contribution is -2.46. The number of hydrogen-bond acceptors (Lipinski definition) is 4. The van der Waals surface area contributed by atoms with Crippen molar-refractivity contribution in [1.29, 1.82) is 0 Å². The summed E-state index contributed by atoms with van der Waals surface area (Å²) in [5, 5.41) is 23.7. The van der Waals surface area contributed by atoms with Gasteiger partial charge in [-0.2, -0.15) is 0 Å². The molecular weight excluding hydrogens is 477 g/mol. The van der Waals surface area contributed by atoms with Crippen LogP contribution >= 0.6 is 23.2 Å². The number of hydrogen-bond donors (Lipinski definition) is 3. The predicted molar refractivity (Wildman–Crippen MR) is 133 cm³/mol. The van der Waals surface area contributed by atoms with Gasteiger partial charge in [0.05, 0.1) is 5.41 Å². The van der Waals surface area contributed by atoms with Crippen molar-refractivity contribution in [3.8, 4) is 5.75 Å². The van der Waals surface area contributed by atoms with Gasteiger partial charge in [0.1, 0.15) is 18.4 Å². The van der Waals surface area contributed by atoms with E-state index in [0.29, 0.717) is 40.7 Å². The number of aliphatic carboxylic acids is 2. The normalized spacial score (nSPS) is 22.3. The number of benzene rings is 2. The number of nitrogens with one attached hydrogen (secondary N) is 1. The summed E-state index contributed by atoms with van der Waals surface area (Å²) in [7, 11) is 0. The summed E-state index contributed by atoms with van der Waals surface area (Å²) < 4.78 is 5.79. The highest BCUT2D eigenvalue weighted by atomic mass is 35.5. The number of carboxylic acid groups (broad SMARTS) is 2. The number of halogens is 2. The van der Waals surface area contributed by atoms with Crippen LogP contribution in [0.15, 0.2) is 42.5 Å². The molecule has 1 aliphatic rings. The highest BCUT2D eigenvalue weighted by molar-refractivity contribution is 6.35. The highest BCUT2D eigenvalue weighted by Crippen LogP contribution is 2.55. The van der Waals surface area contributed by atoms with Crippen molar-refractivity contribution in [2.45, 2.75) is 52.7 Å². The van der Waals surface area contributed by atoms with Crippen LogP contribution in [0.1, 0.15) is 44.7 Å². The lowest BCUT2D eigenvalue weighted by atomic mass is 9.65. The molecule has 0 bridgehead atoms. The van der Waals surface area contributed by atoms with Crippen LogP contribution < -0.4 is 10.1 Å². The maximum absolute atomic E-state index is 11.9. The number of rotatable bonds is 10. The SMILES string of the molecule is CC1(C)[C@@H](CN[C@@H](Cc2ccc(OCc3c(Cl)cccc3Cl)cc2)C(=O)O)CC[C@@]1(C)C(=O)O. The third-order valence-corrected chi connectivity index (χ3v) is 8.33. The fraction of sp³-hybridized carbons (Fsp3) is 0.462. The topological polar surface area (TPSA) is 95.9 Å². The molecule has 8 heteroatoms. The number of ether oxygens (including phenoxy) is 1. The lowest BCUT2D eigenvalue weighted by molar-refractivity contribution is -0.154. The van der Waals surface area contributed by atoms with E-state index in [2.05, 4.69) is 5.32 Å². The maximum Gasteiger partial charge on any atom is 0.321 e. The van der Waals surface area contributed by atoms with E-state index in [1.165, 1.54) is 0 Å². The van der Waals surface area contributed by atoms with Crippen LogP contribution in [0.2, 0.25) is 10.0 Å². The molecule has 2 aromatic carbocycles. The molecule has 184 valence electrons. The largest absolute Gasteiger partial charge is 0.489 e. The van der Waals surface area contributed by atoms with Gasteiger partial charge in [0, 0.05) is 15.6 Å². The fourth-order valence-corrected chi connectivity index (χ4v) is 5.16. The average molecular weight is 508 g/mol. The Morgan fingerprint density at radius 2 is 1.71 bits per heavy atom. The third-order valence-electron chi connectivity index (χ3n) is 7.62. The highest BCUT2D eigenvalue weighted by Gasteiger charge is 2.55. The minimum absolute atomic E-state index is 0.0721.